The molecule has 0 radical (unpaired) electrons. The van der Waals surface area contributed by atoms with Crippen LogP contribution in [-0.4, -0.2) is 19.3 Å². The lowest BCUT2D eigenvalue weighted by molar-refractivity contribution is -0.118. The number of carbonyl (C=O) groups is 1. The Balaban J connectivity index is 1.93. The Bertz CT molecular complexity index is 990. The maximum Gasteiger partial charge on any atom is 0.271 e. The van der Waals surface area contributed by atoms with Crippen molar-refractivity contribution in [3.8, 4) is 0 Å². The zero-order chi connectivity index (χ0) is 18.6. The molecule has 0 spiro atoms. The molecule has 2 heterocycles. The Hall–Kier alpha value is -2.91. The second kappa shape index (κ2) is 7.54. The minimum absolute atomic E-state index is 0.232. The lowest BCUT2D eigenvalue weighted by Crippen LogP contribution is -2.37. The molecule has 0 saturated heterocycles. The predicted molar refractivity (Wildman–Crippen MR) is 102 cm³/mol. The van der Waals surface area contributed by atoms with Gasteiger partial charge in [0, 0.05) is 19.3 Å². The number of thiophene rings is 1. The smallest absolute Gasteiger partial charge is 0.271 e. The highest BCUT2D eigenvalue weighted by molar-refractivity contribution is 7.94. The summed E-state index contributed by atoms with van der Waals surface area (Å²) in [6.45, 7) is 1.40. The van der Waals surface area contributed by atoms with Gasteiger partial charge in [-0.3, -0.25) is 24.9 Å². The first-order valence-corrected chi connectivity index (χ1v) is 9.96. The fraction of sp³-hybridized carbons (Fsp3) is 0.0588. The number of sulfonamides is 1. The molecule has 0 atom stereocenters. The predicted octanol–water partition coefficient (Wildman–Crippen LogP) is 3.13. The average molecular weight is 388 g/mol. The summed E-state index contributed by atoms with van der Waals surface area (Å²) < 4.78 is 27.6. The van der Waals surface area contributed by atoms with Gasteiger partial charge in [0.2, 0.25) is 5.91 Å². The molecule has 1 aromatic carbocycles. The third kappa shape index (κ3) is 4.19. The van der Waals surface area contributed by atoms with E-state index < -0.39 is 10.0 Å². The van der Waals surface area contributed by atoms with Gasteiger partial charge in [0.05, 0.1) is 17.1 Å². The number of carbonyl (C=O) groups excluding carboxylic acids is 1. The molecule has 2 N–H and O–H groups in total. The molecular weight excluding hydrogens is 372 g/mol. The number of hydrogen-bond donors (Lipinski definition) is 2. The Morgan fingerprint density at radius 1 is 1.08 bits per heavy atom. The summed E-state index contributed by atoms with van der Waals surface area (Å²) in [6.07, 6.45) is 3.21. The standard InChI is InChI=1S/C17H16N4O3S2/c1-13(22)19-21(15-7-9-18-10-8-15)16-5-2-4-14(12-16)20-26(23,24)17-6-3-11-25-17/h2-12,20H,1H3,(H,19,22). The van der Waals surface area contributed by atoms with Crippen molar-refractivity contribution in [3.05, 3.63) is 66.3 Å². The van der Waals surface area contributed by atoms with E-state index in [2.05, 4.69) is 15.1 Å². The van der Waals surface area contributed by atoms with Crippen LogP contribution < -0.4 is 15.2 Å². The molecule has 134 valence electrons. The van der Waals surface area contributed by atoms with Gasteiger partial charge < -0.3 is 0 Å². The molecule has 0 aliphatic rings. The summed E-state index contributed by atoms with van der Waals surface area (Å²) >= 11 is 1.14. The normalized spacial score (nSPS) is 11.0. The van der Waals surface area contributed by atoms with Crippen molar-refractivity contribution in [2.24, 2.45) is 0 Å². The number of pyridine rings is 1. The quantitative estimate of drug-likeness (QED) is 0.633. The number of amides is 1. The van der Waals surface area contributed by atoms with Crippen LogP contribution in [0.15, 0.2) is 70.5 Å². The Morgan fingerprint density at radius 2 is 1.85 bits per heavy atom. The number of nitrogens with one attached hydrogen (secondary N) is 2. The van der Waals surface area contributed by atoms with Gasteiger partial charge in [-0.1, -0.05) is 12.1 Å². The van der Waals surface area contributed by atoms with Gasteiger partial charge in [0.25, 0.3) is 10.0 Å². The van der Waals surface area contributed by atoms with Crippen molar-refractivity contribution in [1.82, 2.24) is 10.4 Å². The van der Waals surface area contributed by atoms with Crippen molar-refractivity contribution in [2.45, 2.75) is 11.1 Å². The molecular formula is C17H16N4O3S2. The largest absolute Gasteiger partial charge is 0.279 e. The second-order valence-corrected chi connectivity index (χ2v) is 8.15. The van der Waals surface area contributed by atoms with Crippen LogP contribution in [0.3, 0.4) is 0 Å². The Morgan fingerprint density at radius 3 is 2.50 bits per heavy atom. The monoisotopic (exact) mass is 388 g/mol. The summed E-state index contributed by atoms with van der Waals surface area (Å²) in [6, 6.07) is 13.4. The first-order chi connectivity index (χ1) is 12.5. The number of hydrazine groups is 1. The summed E-state index contributed by atoms with van der Waals surface area (Å²) in [5, 5.41) is 3.26. The van der Waals surface area contributed by atoms with Crippen molar-refractivity contribution in [3.63, 3.8) is 0 Å². The first kappa shape index (κ1) is 17.9. The SMILES string of the molecule is CC(=O)NN(c1ccncc1)c1cccc(NS(=O)(=O)c2cccs2)c1. The first-order valence-electron chi connectivity index (χ1n) is 7.59. The van der Waals surface area contributed by atoms with E-state index in [0.29, 0.717) is 17.1 Å². The highest BCUT2D eigenvalue weighted by Crippen LogP contribution is 2.27. The van der Waals surface area contributed by atoms with Crippen LogP contribution in [0.2, 0.25) is 0 Å². The van der Waals surface area contributed by atoms with Gasteiger partial charge in [-0.2, -0.15) is 0 Å². The highest BCUT2D eigenvalue weighted by Gasteiger charge is 2.17. The van der Waals surface area contributed by atoms with Gasteiger partial charge in [-0.05, 0) is 41.8 Å². The molecule has 0 bridgehead atoms. The zero-order valence-electron chi connectivity index (χ0n) is 13.8. The van der Waals surface area contributed by atoms with Crippen molar-refractivity contribution < 1.29 is 13.2 Å². The molecule has 0 saturated carbocycles. The topological polar surface area (TPSA) is 91.4 Å². The fourth-order valence-corrected chi connectivity index (χ4v) is 4.30. The van der Waals surface area contributed by atoms with Crippen molar-refractivity contribution in [2.75, 3.05) is 9.73 Å². The third-order valence-electron chi connectivity index (χ3n) is 3.31. The molecule has 26 heavy (non-hydrogen) atoms. The number of hydrogen-bond acceptors (Lipinski definition) is 6. The molecule has 0 aliphatic carbocycles. The number of rotatable bonds is 6. The Kier molecular flexibility index (Phi) is 5.19. The van der Waals surface area contributed by atoms with Crippen molar-refractivity contribution in [1.29, 1.82) is 0 Å². The number of nitrogens with zero attached hydrogens (tertiary/aromatic N) is 2. The van der Waals surface area contributed by atoms with Crippen molar-refractivity contribution >= 4 is 44.3 Å². The van der Waals surface area contributed by atoms with Crippen LogP contribution in [0.1, 0.15) is 6.92 Å². The van der Waals surface area contributed by atoms with E-state index in [1.165, 1.54) is 13.0 Å². The molecule has 9 heteroatoms. The highest BCUT2D eigenvalue weighted by atomic mass is 32.2. The molecule has 3 aromatic rings. The molecule has 2 aromatic heterocycles. The lowest BCUT2D eigenvalue weighted by Gasteiger charge is -2.25. The summed E-state index contributed by atoms with van der Waals surface area (Å²) in [5.74, 6) is -0.258. The molecule has 1 amide bonds. The van der Waals surface area contributed by atoms with E-state index in [1.54, 1.807) is 65.2 Å². The van der Waals surface area contributed by atoms with E-state index in [1.807, 2.05) is 0 Å². The number of aromatic nitrogens is 1. The molecule has 0 fully saturated rings. The van der Waals surface area contributed by atoms with Crippen LogP contribution in [0.4, 0.5) is 17.1 Å². The molecule has 0 unspecified atom stereocenters. The Labute approximate surface area is 155 Å². The van der Waals surface area contributed by atoms with Gasteiger partial charge in [0.1, 0.15) is 4.21 Å². The fourth-order valence-electron chi connectivity index (χ4n) is 2.26. The van der Waals surface area contributed by atoms with Crippen LogP contribution in [0, 0.1) is 0 Å². The van der Waals surface area contributed by atoms with E-state index in [0.717, 1.165) is 11.3 Å². The molecule has 0 aliphatic heterocycles. The minimum Gasteiger partial charge on any atom is -0.279 e. The number of anilines is 3. The summed E-state index contributed by atoms with van der Waals surface area (Å²) in [7, 11) is -3.65. The molecule has 7 nitrogen and oxygen atoms in total. The average Bonchev–Trinajstić information content (AvgIpc) is 3.16. The van der Waals surface area contributed by atoms with Gasteiger partial charge >= 0.3 is 0 Å². The maximum absolute atomic E-state index is 12.4. The van der Waals surface area contributed by atoms with Crippen LogP contribution >= 0.6 is 11.3 Å². The maximum atomic E-state index is 12.4. The van der Waals surface area contributed by atoms with Crippen LogP contribution in [-0.2, 0) is 14.8 Å². The number of benzene rings is 1. The molecule has 3 rings (SSSR count). The van der Waals surface area contributed by atoms with Crippen LogP contribution in [0.5, 0.6) is 0 Å². The second-order valence-electron chi connectivity index (χ2n) is 5.30. The van der Waals surface area contributed by atoms with Gasteiger partial charge in [0.15, 0.2) is 0 Å². The third-order valence-corrected chi connectivity index (χ3v) is 6.09. The van der Waals surface area contributed by atoms with E-state index >= 15 is 0 Å². The summed E-state index contributed by atoms with van der Waals surface area (Å²) in [5.41, 5.74) is 4.39. The van der Waals surface area contributed by atoms with E-state index in [9.17, 15) is 13.2 Å². The van der Waals surface area contributed by atoms with Gasteiger partial charge in [-0.15, -0.1) is 11.3 Å². The zero-order valence-corrected chi connectivity index (χ0v) is 15.4. The van der Waals surface area contributed by atoms with E-state index in [4.69, 9.17) is 0 Å². The minimum atomic E-state index is -3.65. The van der Waals surface area contributed by atoms with E-state index in [-0.39, 0.29) is 10.1 Å². The van der Waals surface area contributed by atoms with Crippen LogP contribution in [0.25, 0.3) is 0 Å². The summed E-state index contributed by atoms with van der Waals surface area (Å²) in [4.78, 5) is 15.6. The lowest BCUT2D eigenvalue weighted by atomic mass is 10.2. The van der Waals surface area contributed by atoms with Gasteiger partial charge in [-0.25, -0.2) is 8.42 Å².